The summed E-state index contributed by atoms with van der Waals surface area (Å²) in [5.41, 5.74) is 1.93. The molecular weight excluding hydrogens is 462 g/mol. The maximum absolute atomic E-state index is 11.8. The number of carbonyl (C=O) groups is 1. The predicted octanol–water partition coefficient (Wildman–Crippen LogP) is 5.62. The Labute approximate surface area is 208 Å². The van der Waals surface area contributed by atoms with Gasteiger partial charge in [-0.25, -0.2) is 4.79 Å². The highest BCUT2D eigenvalue weighted by molar-refractivity contribution is 6.74. The van der Waals surface area contributed by atoms with E-state index in [1.165, 1.54) is 12.5 Å². The zero-order chi connectivity index (χ0) is 25.6. The molecule has 0 aromatic heterocycles. The van der Waals surface area contributed by atoms with Crippen LogP contribution in [0, 0.1) is 0 Å². The van der Waals surface area contributed by atoms with Crippen LogP contribution in [0.1, 0.15) is 39.2 Å². The van der Waals surface area contributed by atoms with Gasteiger partial charge in [0.2, 0.25) is 0 Å². The van der Waals surface area contributed by atoms with Crippen LogP contribution in [-0.2, 0) is 20.3 Å². The topological polar surface area (TPSA) is 97.3 Å². The summed E-state index contributed by atoms with van der Waals surface area (Å²) in [7, 11) is -2.33. The van der Waals surface area contributed by atoms with E-state index in [0.29, 0.717) is 12.2 Å². The van der Waals surface area contributed by atoms with Crippen molar-refractivity contribution in [2.75, 3.05) is 0 Å². The smallest absolute Gasteiger partial charge is 0.405 e. The van der Waals surface area contributed by atoms with Gasteiger partial charge in [-0.1, -0.05) is 69.3 Å². The van der Waals surface area contributed by atoms with Crippen LogP contribution >= 0.6 is 0 Å². The minimum absolute atomic E-state index is 0.110. The summed E-state index contributed by atoms with van der Waals surface area (Å²) >= 11 is 0. The summed E-state index contributed by atoms with van der Waals surface area (Å²) < 4.78 is 18.2. The first-order chi connectivity index (χ1) is 16.5. The fourth-order valence-corrected chi connectivity index (χ4v) is 5.10. The SMILES string of the molecule is CC(C)(C)[Si](C)(C)OC(Cc1ccccc1)[C@H](NC(=O)O)[C@@H](O)C1=COC=C(C2=CC=CCC2)O1. The van der Waals surface area contributed by atoms with Gasteiger partial charge < -0.3 is 29.4 Å². The second kappa shape index (κ2) is 11.3. The minimum Gasteiger partial charge on any atom is -0.465 e. The van der Waals surface area contributed by atoms with E-state index in [-0.39, 0.29) is 10.8 Å². The molecule has 1 aromatic rings. The molecule has 190 valence electrons. The summed E-state index contributed by atoms with van der Waals surface area (Å²) in [6.45, 7) is 10.6. The fraction of sp³-hybridized carbons (Fsp3) is 0.444. The maximum atomic E-state index is 11.8. The predicted molar refractivity (Wildman–Crippen MR) is 138 cm³/mol. The third kappa shape index (κ3) is 7.10. The van der Waals surface area contributed by atoms with E-state index in [4.69, 9.17) is 13.9 Å². The van der Waals surface area contributed by atoms with Crippen LogP contribution in [-0.4, -0.2) is 42.9 Å². The van der Waals surface area contributed by atoms with Gasteiger partial charge in [0.25, 0.3) is 0 Å². The molecule has 0 radical (unpaired) electrons. The van der Waals surface area contributed by atoms with Crippen molar-refractivity contribution in [2.45, 2.75) is 76.4 Å². The molecule has 8 heteroatoms. The van der Waals surface area contributed by atoms with Gasteiger partial charge in [0, 0.05) is 0 Å². The standard InChI is InChI=1S/C27H37NO6Si/c1-27(2,3)35(4,5)34-21(16-19-12-8-6-9-13-19)24(28-26(30)31)25(29)23-18-32-17-22(33-23)20-14-10-7-11-15-20/h6-10,12-14,17-18,21,24-25,28-29H,11,15-16H2,1-5H3,(H,30,31)/t21?,24-,25-/m0/s1. The molecule has 0 saturated carbocycles. The molecule has 0 bridgehead atoms. The summed E-state index contributed by atoms with van der Waals surface area (Å²) in [5.74, 6) is 0.637. The van der Waals surface area contributed by atoms with E-state index in [2.05, 4.69) is 45.3 Å². The fourth-order valence-electron chi connectivity index (χ4n) is 3.76. The highest BCUT2D eigenvalue weighted by Gasteiger charge is 2.43. The lowest BCUT2D eigenvalue weighted by Gasteiger charge is -2.42. The van der Waals surface area contributed by atoms with Crippen molar-refractivity contribution < 1.29 is 28.9 Å². The van der Waals surface area contributed by atoms with Crippen LogP contribution in [0.2, 0.25) is 18.1 Å². The van der Waals surface area contributed by atoms with E-state index in [9.17, 15) is 15.0 Å². The third-order valence-electron chi connectivity index (χ3n) is 6.77. The van der Waals surface area contributed by atoms with E-state index < -0.39 is 32.7 Å². The number of rotatable bonds is 9. The Hall–Kier alpha value is -2.81. The van der Waals surface area contributed by atoms with Gasteiger partial charge in [0.15, 0.2) is 19.8 Å². The number of ether oxygens (including phenoxy) is 2. The van der Waals surface area contributed by atoms with Crippen molar-refractivity contribution >= 4 is 14.4 Å². The van der Waals surface area contributed by atoms with E-state index >= 15 is 0 Å². The van der Waals surface area contributed by atoms with Crippen molar-refractivity contribution in [2.24, 2.45) is 0 Å². The van der Waals surface area contributed by atoms with Gasteiger partial charge in [0.05, 0.1) is 12.1 Å². The first-order valence-corrected chi connectivity index (χ1v) is 14.9. The van der Waals surface area contributed by atoms with Gasteiger partial charge in [-0.05, 0) is 48.5 Å². The molecule has 7 nitrogen and oxygen atoms in total. The zero-order valence-electron chi connectivity index (χ0n) is 21.2. The molecule has 35 heavy (non-hydrogen) atoms. The molecule has 3 N–H and O–H groups in total. The van der Waals surface area contributed by atoms with Gasteiger partial charge in [-0.15, -0.1) is 0 Å². The Morgan fingerprint density at radius 2 is 1.91 bits per heavy atom. The van der Waals surface area contributed by atoms with Crippen molar-refractivity contribution in [1.82, 2.24) is 5.32 Å². The average molecular weight is 500 g/mol. The number of hydrogen-bond acceptors (Lipinski definition) is 5. The van der Waals surface area contributed by atoms with Crippen LogP contribution < -0.4 is 5.32 Å². The lowest BCUT2D eigenvalue weighted by Crippen LogP contribution is -2.57. The molecule has 3 atom stereocenters. The number of benzene rings is 1. The molecule has 1 unspecified atom stereocenters. The Morgan fingerprint density at radius 3 is 2.51 bits per heavy atom. The summed E-state index contributed by atoms with van der Waals surface area (Å²) in [5, 5.41) is 23.5. The van der Waals surface area contributed by atoms with Crippen molar-refractivity contribution in [3.8, 4) is 0 Å². The first-order valence-electron chi connectivity index (χ1n) is 12.0. The second-order valence-electron chi connectivity index (χ2n) is 10.4. The molecular formula is C27H37NO6Si. The zero-order valence-corrected chi connectivity index (χ0v) is 22.2. The molecule has 1 aliphatic carbocycles. The molecule has 0 fully saturated rings. The number of hydrogen-bond donors (Lipinski definition) is 3. The normalized spacial score (nSPS) is 18.7. The van der Waals surface area contributed by atoms with Crippen LogP contribution in [0.5, 0.6) is 0 Å². The Morgan fingerprint density at radius 1 is 1.20 bits per heavy atom. The number of aliphatic hydroxyl groups is 1. The van der Waals surface area contributed by atoms with E-state index in [0.717, 1.165) is 24.0 Å². The largest absolute Gasteiger partial charge is 0.465 e. The summed E-state index contributed by atoms with van der Waals surface area (Å²) in [6, 6.07) is 8.73. The summed E-state index contributed by atoms with van der Waals surface area (Å²) in [4.78, 5) is 11.8. The van der Waals surface area contributed by atoms with Crippen molar-refractivity contribution in [1.29, 1.82) is 0 Å². The van der Waals surface area contributed by atoms with Crippen LogP contribution in [0.25, 0.3) is 0 Å². The van der Waals surface area contributed by atoms with Gasteiger partial charge in [0.1, 0.15) is 18.6 Å². The van der Waals surface area contributed by atoms with Gasteiger partial charge in [-0.3, -0.25) is 0 Å². The molecule has 1 aromatic carbocycles. The van der Waals surface area contributed by atoms with Crippen LogP contribution in [0.3, 0.4) is 0 Å². The number of nitrogens with one attached hydrogen (secondary N) is 1. The van der Waals surface area contributed by atoms with Gasteiger partial charge in [-0.2, -0.15) is 0 Å². The minimum atomic E-state index is -2.33. The van der Waals surface area contributed by atoms with Gasteiger partial charge >= 0.3 is 6.09 Å². The monoisotopic (exact) mass is 499 g/mol. The summed E-state index contributed by atoms with van der Waals surface area (Å²) in [6.07, 6.45) is 7.65. The average Bonchev–Trinajstić information content (AvgIpc) is 2.82. The lowest BCUT2D eigenvalue weighted by atomic mass is 9.97. The van der Waals surface area contributed by atoms with Crippen molar-refractivity contribution in [3.63, 3.8) is 0 Å². The molecule has 3 rings (SSSR count). The van der Waals surface area contributed by atoms with Crippen molar-refractivity contribution in [3.05, 3.63) is 83.7 Å². The Kier molecular flexibility index (Phi) is 8.64. The van der Waals surface area contributed by atoms with E-state index in [1.54, 1.807) is 0 Å². The first kappa shape index (κ1) is 26.8. The molecule has 0 saturated heterocycles. The number of allylic oxidation sites excluding steroid dienone is 4. The number of amides is 1. The maximum Gasteiger partial charge on any atom is 0.405 e. The van der Waals surface area contributed by atoms with E-state index in [1.807, 2.05) is 42.5 Å². The molecule has 1 amide bonds. The van der Waals surface area contributed by atoms with Crippen LogP contribution in [0.15, 0.2) is 78.2 Å². The molecule has 1 heterocycles. The molecule has 2 aliphatic rings. The third-order valence-corrected chi connectivity index (χ3v) is 11.3. The highest BCUT2D eigenvalue weighted by atomic mass is 28.4. The Balaban J connectivity index is 1.91. The Bertz CT molecular complexity index is 1010. The molecule has 1 aliphatic heterocycles. The number of aliphatic hydroxyl groups excluding tert-OH is 1. The quantitative estimate of drug-likeness (QED) is 0.382. The van der Waals surface area contributed by atoms with Crippen LogP contribution in [0.4, 0.5) is 4.79 Å². The lowest BCUT2D eigenvalue weighted by molar-refractivity contribution is 0.0294. The number of carboxylic acid groups (broad SMARTS) is 1. The highest BCUT2D eigenvalue weighted by Crippen LogP contribution is 2.39. The molecule has 0 spiro atoms. The second-order valence-corrected chi connectivity index (χ2v) is 15.2.